The van der Waals surface area contributed by atoms with Crippen LogP contribution >= 0.6 is 11.3 Å². The van der Waals surface area contributed by atoms with E-state index in [-0.39, 0.29) is 11.9 Å². The van der Waals surface area contributed by atoms with Gasteiger partial charge in [0.2, 0.25) is 10.3 Å². The normalized spacial score (nSPS) is 15.6. The minimum absolute atomic E-state index is 0.288. The molecule has 10 nitrogen and oxygen atoms in total. The van der Waals surface area contributed by atoms with Crippen LogP contribution in [-0.2, 0) is 9.53 Å². The summed E-state index contributed by atoms with van der Waals surface area (Å²) in [6, 6.07) is 7.71. The molecular weight excluding hydrogens is 404 g/mol. The van der Waals surface area contributed by atoms with E-state index in [0.29, 0.717) is 15.8 Å². The van der Waals surface area contributed by atoms with Crippen molar-refractivity contribution in [3.8, 4) is 0 Å². The molecule has 3 aromatic heterocycles. The van der Waals surface area contributed by atoms with Gasteiger partial charge < -0.3 is 15.0 Å². The number of amides is 1. The van der Waals surface area contributed by atoms with E-state index in [0.717, 1.165) is 31.7 Å². The van der Waals surface area contributed by atoms with E-state index in [1.165, 1.54) is 18.4 Å². The number of aromatic nitrogens is 5. The predicted octanol–water partition coefficient (Wildman–Crippen LogP) is 2.13. The molecule has 1 amide bonds. The van der Waals surface area contributed by atoms with Crippen LogP contribution in [0.2, 0.25) is 0 Å². The molecular formula is C19H22N8O2S. The molecule has 0 saturated carbocycles. The molecule has 0 spiro atoms. The molecule has 1 aliphatic heterocycles. The maximum Gasteiger partial charge on any atom is 0.260 e. The summed E-state index contributed by atoms with van der Waals surface area (Å²) < 4.78 is 5.32. The molecule has 0 radical (unpaired) electrons. The van der Waals surface area contributed by atoms with Gasteiger partial charge in [-0.25, -0.2) is 0 Å². The second-order valence-electron chi connectivity index (χ2n) is 6.79. The fourth-order valence-corrected chi connectivity index (χ4v) is 4.04. The number of hydrogen-bond acceptors (Lipinski definition) is 10. The van der Waals surface area contributed by atoms with Crippen molar-refractivity contribution in [1.82, 2.24) is 25.4 Å². The number of rotatable bonds is 7. The van der Waals surface area contributed by atoms with Gasteiger partial charge in [0, 0.05) is 50.4 Å². The van der Waals surface area contributed by atoms with E-state index < -0.39 is 6.10 Å². The second-order valence-corrected chi connectivity index (χ2v) is 7.77. The summed E-state index contributed by atoms with van der Waals surface area (Å²) >= 11 is 1.30. The van der Waals surface area contributed by atoms with Crippen LogP contribution in [-0.4, -0.2) is 57.5 Å². The van der Waals surface area contributed by atoms with Crippen LogP contribution in [0.4, 0.5) is 16.1 Å². The zero-order chi connectivity index (χ0) is 20.8. The summed E-state index contributed by atoms with van der Waals surface area (Å²) in [5, 5.41) is 23.6. The molecule has 30 heavy (non-hydrogen) atoms. The Kier molecular flexibility index (Phi) is 6.40. The smallest absolute Gasteiger partial charge is 0.260 e. The SMILES string of the molecule is CO[C@H](C(=O)Nc1nnc(NC2CCN(c3cccnn3)CC2)s1)c1cccnc1. The first-order valence-corrected chi connectivity index (χ1v) is 10.4. The summed E-state index contributed by atoms with van der Waals surface area (Å²) in [4.78, 5) is 18.8. The van der Waals surface area contributed by atoms with Crippen LogP contribution < -0.4 is 15.5 Å². The first-order valence-electron chi connectivity index (χ1n) is 9.59. The number of methoxy groups -OCH3 is 1. The van der Waals surface area contributed by atoms with Crippen LogP contribution in [0.15, 0.2) is 42.9 Å². The third kappa shape index (κ3) is 4.86. The fraction of sp³-hybridized carbons (Fsp3) is 0.368. The summed E-state index contributed by atoms with van der Waals surface area (Å²) in [7, 11) is 1.48. The third-order valence-electron chi connectivity index (χ3n) is 4.82. The molecule has 3 aromatic rings. The molecule has 1 fully saturated rings. The van der Waals surface area contributed by atoms with Crippen molar-refractivity contribution in [3.63, 3.8) is 0 Å². The number of nitrogens with one attached hydrogen (secondary N) is 2. The Balaban J connectivity index is 1.30. The lowest BCUT2D eigenvalue weighted by Crippen LogP contribution is -2.39. The largest absolute Gasteiger partial charge is 0.367 e. The standard InChI is InChI=1S/C19H22N8O2S/c1-29-16(13-4-2-8-20-12-13)17(28)23-19-26-25-18(30-19)22-14-6-10-27(11-7-14)15-5-3-9-21-24-15/h2-5,8-9,12,14,16H,6-7,10-11H2,1H3,(H,22,25)(H,23,26,28)/t16-/m0/s1. The summed E-state index contributed by atoms with van der Waals surface area (Å²) in [5.41, 5.74) is 0.676. The second kappa shape index (κ2) is 9.55. The van der Waals surface area contributed by atoms with Crippen molar-refractivity contribution in [2.75, 3.05) is 35.7 Å². The average Bonchev–Trinajstić information content (AvgIpc) is 3.23. The Bertz CT molecular complexity index is 947. The van der Waals surface area contributed by atoms with E-state index in [4.69, 9.17) is 4.74 Å². The predicted molar refractivity (Wildman–Crippen MR) is 113 cm³/mol. The topological polar surface area (TPSA) is 118 Å². The van der Waals surface area contributed by atoms with Crippen molar-refractivity contribution < 1.29 is 9.53 Å². The van der Waals surface area contributed by atoms with Gasteiger partial charge in [-0.15, -0.1) is 15.3 Å². The maximum absolute atomic E-state index is 12.6. The van der Waals surface area contributed by atoms with Gasteiger partial charge in [0.15, 0.2) is 11.9 Å². The van der Waals surface area contributed by atoms with Crippen LogP contribution in [0.3, 0.4) is 0 Å². The van der Waals surface area contributed by atoms with Gasteiger partial charge in [-0.2, -0.15) is 5.10 Å². The maximum atomic E-state index is 12.6. The molecule has 1 atom stereocenters. The molecule has 2 N–H and O–H groups in total. The Morgan fingerprint density at radius 1 is 1.17 bits per heavy atom. The molecule has 4 heterocycles. The lowest BCUT2D eigenvalue weighted by Gasteiger charge is -2.32. The highest BCUT2D eigenvalue weighted by atomic mass is 32.1. The summed E-state index contributed by atoms with van der Waals surface area (Å²) in [5.74, 6) is 0.587. The third-order valence-corrected chi connectivity index (χ3v) is 5.59. The highest BCUT2D eigenvalue weighted by Gasteiger charge is 2.23. The Morgan fingerprint density at radius 3 is 2.67 bits per heavy atom. The summed E-state index contributed by atoms with van der Waals surface area (Å²) in [6.07, 6.45) is 6.07. The lowest BCUT2D eigenvalue weighted by atomic mass is 10.1. The number of hydrogen-bond donors (Lipinski definition) is 2. The van der Waals surface area contributed by atoms with Gasteiger partial charge in [-0.3, -0.25) is 15.1 Å². The van der Waals surface area contributed by atoms with Gasteiger partial charge >= 0.3 is 0 Å². The molecule has 0 aliphatic carbocycles. The van der Waals surface area contributed by atoms with Crippen LogP contribution in [0, 0.1) is 0 Å². The number of piperidine rings is 1. The van der Waals surface area contributed by atoms with E-state index >= 15 is 0 Å². The first kappa shape index (κ1) is 20.1. The van der Waals surface area contributed by atoms with Gasteiger partial charge in [-0.05, 0) is 31.0 Å². The van der Waals surface area contributed by atoms with Crippen molar-refractivity contribution in [3.05, 3.63) is 48.4 Å². The van der Waals surface area contributed by atoms with Crippen LogP contribution in [0.5, 0.6) is 0 Å². The van der Waals surface area contributed by atoms with Gasteiger partial charge in [-0.1, -0.05) is 17.4 Å². The van der Waals surface area contributed by atoms with Gasteiger partial charge in [0.25, 0.3) is 5.91 Å². The van der Waals surface area contributed by atoms with Crippen molar-refractivity contribution in [1.29, 1.82) is 0 Å². The van der Waals surface area contributed by atoms with E-state index in [9.17, 15) is 4.79 Å². The van der Waals surface area contributed by atoms with Gasteiger partial charge in [0.1, 0.15) is 0 Å². The van der Waals surface area contributed by atoms with Gasteiger partial charge in [0.05, 0.1) is 0 Å². The Morgan fingerprint density at radius 2 is 1.97 bits per heavy atom. The van der Waals surface area contributed by atoms with E-state index in [2.05, 4.69) is 40.9 Å². The van der Waals surface area contributed by atoms with Crippen molar-refractivity contribution >= 4 is 33.3 Å². The number of carbonyl (C=O) groups is 1. The van der Waals surface area contributed by atoms with Crippen LogP contribution in [0.1, 0.15) is 24.5 Å². The molecule has 1 saturated heterocycles. The van der Waals surface area contributed by atoms with E-state index in [1.54, 1.807) is 30.7 Å². The Labute approximate surface area is 177 Å². The summed E-state index contributed by atoms with van der Waals surface area (Å²) in [6.45, 7) is 1.78. The molecule has 11 heteroatoms. The zero-order valence-electron chi connectivity index (χ0n) is 16.4. The highest BCUT2D eigenvalue weighted by molar-refractivity contribution is 7.19. The minimum Gasteiger partial charge on any atom is -0.367 e. The van der Waals surface area contributed by atoms with Crippen LogP contribution in [0.25, 0.3) is 0 Å². The van der Waals surface area contributed by atoms with Crippen molar-refractivity contribution in [2.24, 2.45) is 0 Å². The first-order chi connectivity index (χ1) is 14.7. The zero-order valence-corrected chi connectivity index (χ0v) is 17.2. The Hall–Kier alpha value is -3.18. The lowest BCUT2D eigenvalue weighted by molar-refractivity contribution is -0.126. The average molecular weight is 427 g/mol. The number of anilines is 3. The monoisotopic (exact) mass is 426 g/mol. The highest BCUT2D eigenvalue weighted by Crippen LogP contribution is 2.26. The minimum atomic E-state index is -0.760. The molecule has 0 unspecified atom stereocenters. The molecule has 156 valence electrons. The number of pyridine rings is 1. The number of ether oxygens (including phenoxy) is 1. The van der Waals surface area contributed by atoms with Crippen molar-refractivity contribution in [2.45, 2.75) is 25.0 Å². The van der Waals surface area contributed by atoms with E-state index in [1.807, 2.05) is 12.1 Å². The number of nitrogens with zero attached hydrogens (tertiary/aromatic N) is 6. The molecule has 0 aromatic carbocycles. The number of carbonyl (C=O) groups excluding carboxylic acids is 1. The molecule has 4 rings (SSSR count). The quantitative estimate of drug-likeness (QED) is 0.586. The fourth-order valence-electron chi connectivity index (χ4n) is 3.32. The molecule has 1 aliphatic rings. The molecule has 0 bridgehead atoms.